The number of anilines is 1. The summed E-state index contributed by atoms with van der Waals surface area (Å²) in [6.07, 6.45) is 0.226. The van der Waals surface area contributed by atoms with Gasteiger partial charge in [0.2, 0.25) is 0 Å². The van der Waals surface area contributed by atoms with Gasteiger partial charge in [0.15, 0.2) is 11.3 Å². The molecule has 1 fully saturated rings. The highest BCUT2D eigenvalue weighted by Gasteiger charge is 2.35. The van der Waals surface area contributed by atoms with Gasteiger partial charge in [-0.3, -0.25) is 0 Å². The van der Waals surface area contributed by atoms with Crippen molar-refractivity contribution in [2.75, 3.05) is 18.4 Å². The van der Waals surface area contributed by atoms with E-state index in [9.17, 15) is 13.2 Å². The number of fused-ring (bicyclic) bond motifs is 2. The van der Waals surface area contributed by atoms with Crippen molar-refractivity contribution in [3.63, 3.8) is 0 Å². The Bertz CT molecular complexity index is 1170. The number of imidazole rings is 1. The maximum Gasteiger partial charge on any atom is 0.434 e. The summed E-state index contributed by atoms with van der Waals surface area (Å²) in [5.41, 5.74) is 1.51. The number of hydrogen-bond acceptors (Lipinski definition) is 4. The maximum atomic E-state index is 13.3. The van der Waals surface area contributed by atoms with Crippen molar-refractivity contribution in [3.8, 4) is 11.1 Å². The van der Waals surface area contributed by atoms with Gasteiger partial charge in [0.1, 0.15) is 5.82 Å². The highest BCUT2D eigenvalue weighted by atomic mass is 19.4. The van der Waals surface area contributed by atoms with Gasteiger partial charge in [-0.2, -0.15) is 13.2 Å². The molecule has 1 unspecified atom stereocenters. The molecule has 0 radical (unpaired) electrons. The largest absolute Gasteiger partial charge is 0.434 e. The van der Waals surface area contributed by atoms with E-state index >= 15 is 0 Å². The van der Waals surface area contributed by atoms with Crippen LogP contribution in [0.25, 0.3) is 27.7 Å². The smallest absolute Gasteiger partial charge is 0.365 e. The van der Waals surface area contributed by atoms with E-state index < -0.39 is 11.9 Å². The summed E-state index contributed by atoms with van der Waals surface area (Å²) in [4.78, 5) is 7.04. The minimum Gasteiger partial charge on any atom is -0.365 e. The summed E-state index contributed by atoms with van der Waals surface area (Å²) in [5.74, 6) is 0.526. The first kappa shape index (κ1) is 18.0. The van der Waals surface area contributed by atoms with Crippen LogP contribution in [0, 0.1) is 0 Å². The van der Waals surface area contributed by atoms with Crippen LogP contribution in [-0.2, 0) is 6.18 Å². The van der Waals surface area contributed by atoms with Gasteiger partial charge in [-0.25, -0.2) is 9.50 Å². The fourth-order valence-corrected chi connectivity index (χ4v) is 3.86. The molecule has 0 amide bonds. The second kappa shape index (κ2) is 6.77. The van der Waals surface area contributed by atoms with E-state index in [1.807, 2.05) is 24.3 Å². The average molecular weight is 400 g/mol. The summed E-state index contributed by atoms with van der Waals surface area (Å²) in [6.45, 7) is 1.77. The Hall–Kier alpha value is -3.07. The van der Waals surface area contributed by atoms with E-state index in [1.165, 1.54) is 4.52 Å². The van der Waals surface area contributed by atoms with E-state index in [0.717, 1.165) is 48.6 Å². The van der Waals surface area contributed by atoms with Crippen molar-refractivity contribution in [1.29, 1.82) is 0 Å². The minimum absolute atomic E-state index is 0.175. The molecule has 4 heterocycles. The number of aromatic amines is 1. The van der Waals surface area contributed by atoms with Gasteiger partial charge in [0.05, 0.1) is 6.20 Å². The molecule has 1 atom stereocenters. The van der Waals surface area contributed by atoms with Crippen molar-refractivity contribution in [2.45, 2.75) is 25.1 Å². The number of nitrogens with zero attached hydrogens (tertiary/aromatic N) is 3. The fourth-order valence-electron chi connectivity index (χ4n) is 3.86. The standard InChI is InChI=1S/C20H19F3N6/c21-20(22,23)17-11-29-19(27-17)14(15-10-25-16-6-2-1-5-13(15)16)8-18(28-29)26-12-4-3-7-24-9-12/h1-2,5-6,8,10-12,24-25H,3-4,7,9H2,(H,26,28). The number of hydrogen-bond donors (Lipinski definition) is 3. The van der Waals surface area contributed by atoms with E-state index in [0.29, 0.717) is 11.4 Å². The highest BCUT2D eigenvalue weighted by molar-refractivity contribution is 5.99. The van der Waals surface area contributed by atoms with E-state index in [-0.39, 0.29) is 11.7 Å². The second-order valence-corrected chi connectivity index (χ2v) is 7.27. The van der Waals surface area contributed by atoms with Crippen LogP contribution in [-0.4, -0.2) is 38.7 Å². The van der Waals surface area contributed by atoms with Crippen LogP contribution in [0.4, 0.5) is 19.0 Å². The molecule has 5 rings (SSSR count). The molecule has 6 nitrogen and oxygen atoms in total. The van der Waals surface area contributed by atoms with Gasteiger partial charge in [-0.1, -0.05) is 18.2 Å². The van der Waals surface area contributed by atoms with E-state index in [2.05, 4.69) is 25.7 Å². The minimum atomic E-state index is -4.54. The Morgan fingerprint density at radius 1 is 1.17 bits per heavy atom. The van der Waals surface area contributed by atoms with Crippen molar-refractivity contribution in [1.82, 2.24) is 24.9 Å². The first-order valence-electron chi connectivity index (χ1n) is 9.50. The zero-order chi connectivity index (χ0) is 20.0. The lowest BCUT2D eigenvalue weighted by Crippen LogP contribution is -2.38. The van der Waals surface area contributed by atoms with Gasteiger partial charge < -0.3 is 15.6 Å². The summed E-state index contributed by atoms with van der Waals surface area (Å²) < 4.78 is 41.1. The molecule has 0 aliphatic carbocycles. The Labute approximate surface area is 164 Å². The molecule has 3 aromatic heterocycles. The van der Waals surface area contributed by atoms with Gasteiger partial charge in [0, 0.05) is 40.8 Å². The first-order valence-corrected chi connectivity index (χ1v) is 9.50. The van der Waals surface area contributed by atoms with Crippen LogP contribution >= 0.6 is 0 Å². The number of para-hydroxylation sites is 1. The third-order valence-corrected chi connectivity index (χ3v) is 5.24. The molecule has 1 aliphatic rings. The maximum absolute atomic E-state index is 13.3. The van der Waals surface area contributed by atoms with Gasteiger partial charge in [0.25, 0.3) is 0 Å². The fraction of sp³-hybridized carbons (Fsp3) is 0.300. The molecule has 9 heteroatoms. The zero-order valence-electron chi connectivity index (χ0n) is 15.4. The number of nitrogens with one attached hydrogen (secondary N) is 3. The lowest BCUT2D eigenvalue weighted by Gasteiger charge is -2.24. The monoisotopic (exact) mass is 400 g/mol. The van der Waals surface area contributed by atoms with Gasteiger partial charge in [-0.05, 0) is 31.5 Å². The van der Waals surface area contributed by atoms with Crippen LogP contribution < -0.4 is 10.6 Å². The van der Waals surface area contributed by atoms with Crippen molar-refractivity contribution in [2.24, 2.45) is 0 Å². The van der Waals surface area contributed by atoms with Crippen LogP contribution in [0.1, 0.15) is 18.5 Å². The van der Waals surface area contributed by atoms with Crippen LogP contribution in [0.5, 0.6) is 0 Å². The highest BCUT2D eigenvalue weighted by Crippen LogP contribution is 2.35. The van der Waals surface area contributed by atoms with Crippen LogP contribution in [0.15, 0.2) is 42.7 Å². The predicted octanol–water partition coefficient (Wildman–Crippen LogP) is 4.06. The Balaban J connectivity index is 1.68. The molecular formula is C20H19F3N6. The molecule has 1 aliphatic heterocycles. The van der Waals surface area contributed by atoms with Crippen LogP contribution in [0.3, 0.4) is 0 Å². The van der Waals surface area contributed by atoms with Gasteiger partial charge in [-0.15, -0.1) is 5.10 Å². The molecular weight excluding hydrogens is 381 g/mol. The molecule has 150 valence electrons. The normalized spacial score (nSPS) is 17.8. The molecule has 1 saturated heterocycles. The summed E-state index contributed by atoms with van der Waals surface area (Å²) in [7, 11) is 0. The number of halogens is 3. The molecule has 1 aromatic carbocycles. The second-order valence-electron chi connectivity index (χ2n) is 7.27. The molecule has 3 N–H and O–H groups in total. The van der Waals surface area contributed by atoms with E-state index in [4.69, 9.17) is 0 Å². The quantitative estimate of drug-likeness (QED) is 0.485. The Morgan fingerprint density at radius 2 is 2.03 bits per heavy atom. The zero-order valence-corrected chi connectivity index (χ0v) is 15.4. The summed E-state index contributed by atoms with van der Waals surface area (Å²) in [6, 6.07) is 9.63. The van der Waals surface area contributed by atoms with Gasteiger partial charge >= 0.3 is 6.18 Å². The number of aromatic nitrogens is 4. The molecule has 29 heavy (non-hydrogen) atoms. The lowest BCUT2D eigenvalue weighted by molar-refractivity contribution is -0.140. The first-order chi connectivity index (χ1) is 14.0. The number of benzene rings is 1. The SMILES string of the molecule is FC(F)(F)c1cn2nc(NC3CCCNC3)cc(-c3c[nH]c4ccccc34)c2n1. The third kappa shape index (κ3) is 3.31. The predicted molar refractivity (Wildman–Crippen MR) is 105 cm³/mol. The Kier molecular flexibility index (Phi) is 4.20. The van der Waals surface area contributed by atoms with Crippen molar-refractivity contribution in [3.05, 3.63) is 48.4 Å². The average Bonchev–Trinajstić information content (AvgIpc) is 3.32. The molecule has 4 aromatic rings. The number of alkyl halides is 3. The van der Waals surface area contributed by atoms with Crippen molar-refractivity contribution < 1.29 is 13.2 Å². The summed E-state index contributed by atoms with van der Waals surface area (Å²) in [5, 5.41) is 12.0. The van der Waals surface area contributed by atoms with Crippen LogP contribution in [0.2, 0.25) is 0 Å². The van der Waals surface area contributed by atoms with Crippen molar-refractivity contribution >= 4 is 22.4 Å². The molecule has 0 spiro atoms. The summed E-state index contributed by atoms with van der Waals surface area (Å²) >= 11 is 0. The third-order valence-electron chi connectivity index (χ3n) is 5.24. The molecule has 0 saturated carbocycles. The number of rotatable bonds is 3. The van der Waals surface area contributed by atoms with E-state index in [1.54, 1.807) is 12.3 Å². The Morgan fingerprint density at radius 3 is 2.83 bits per heavy atom. The topological polar surface area (TPSA) is 70.0 Å². The number of H-pyrrole nitrogens is 1. The molecule has 0 bridgehead atoms. The number of piperidine rings is 1. The lowest BCUT2D eigenvalue weighted by atomic mass is 10.1.